The summed E-state index contributed by atoms with van der Waals surface area (Å²) < 4.78 is 25.9. The number of benzene rings is 2. The van der Waals surface area contributed by atoms with Crippen molar-refractivity contribution < 1.29 is 18.0 Å². The van der Waals surface area contributed by atoms with Gasteiger partial charge in [0.25, 0.3) is 5.91 Å². The van der Waals surface area contributed by atoms with Crippen LogP contribution in [0.1, 0.15) is 43.1 Å². The molecule has 0 aliphatic heterocycles. The Labute approximate surface area is 178 Å². The molecule has 2 aromatic rings. The zero-order valence-corrected chi connectivity index (χ0v) is 18.8. The van der Waals surface area contributed by atoms with Crippen LogP contribution in [0.2, 0.25) is 0 Å². The number of anilines is 2. The predicted molar refractivity (Wildman–Crippen MR) is 120 cm³/mol. The van der Waals surface area contributed by atoms with E-state index in [1.54, 1.807) is 48.5 Å². The van der Waals surface area contributed by atoms with E-state index in [0.717, 1.165) is 22.5 Å². The second-order valence-electron chi connectivity index (χ2n) is 7.39. The molecule has 0 spiro atoms. The van der Waals surface area contributed by atoms with E-state index in [1.165, 1.54) is 6.92 Å². The minimum atomic E-state index is -3.72. The summed E-state index contributed by atoms with van der Waals surface area (Å²) in [6.07, 6.45) is 1.83. The Morgan fingerprint density at radius 2 is 1.63 bits per heavy atom. The van der Waals surface area contributed by atoms with E-state index >= 15 is 0 Å². The van der Waals surface area contributed by atoms with E-state index in [-0.39, 0.29) is 11.9 Å². The third kappa shape index (κ3) is 5.82. The maximum absolute atomic E-state index is 12.9. The standard InChI is InChI=1S/C22H29N3O4S/c1-6-16(3)23-22(27)19-9-7-8-10-20(19)24-21(26)17(4)25(30(5,28)29)18-13-11-15(2)12-14-18/h7-14,16-17H,6H2,1-5H3,(H,23,27)(H,24,26)/t16-,17-/m1/s1. The highest BCUT2D eigenvalue weighted by molar-refractivity contribution is 7.92. The fraction of sp³-hybridized carbons (Fsp3) is 0.364. The highest BCUT2D eigenvalue weighted by atomic mass is 32.2. The normalized spacial score (nSPS) is 13.2. The first-order chi connectivity index (χ1) is 14.0. The van der Waals surface area contributed by atoms with Gasteiger partial charge in [0.05, 0.1) is 23.2 Å². The largest absolute Gasteiger partial charge is 0.350 e. The van der Waals surface area contributed by atoms with Crippen molar-refractivity contribution in [3.63, 3.8) is 0 Å². The van der Waals surface area contributed by atoms with Gasteiger partial charge in [0.1, 0.15) is 6.04 Å². The molecule has 2 N–H and O–H groups in total. The average molecular weight is 432 g/mol. The van der Waals surface area contributed by atoms with Crippen LogP contribution in [0.4, 0.5) is 11.4 Å². The van der Waals surface area contributed by atoms with Gasteiger partial charge in [-0.1, -0.05) is 36.8 Å². The van der Waals surface area contributed by atoms with Gasteiger partial charge < -0.3 is 10.6 Å². The van der Waals surface area contributed by atoms with Gasteiger partial charge in [-0.15, -0.1) is 0 Å². The molecule has 0 radical (unpaired) electrons. The van der Waals surface area contributed by atoms with E-state index in [1.807, 2.05) is 20.8 Å². The molecule has 0 aliphatic carbocycles. The Morgan fingerprint density at radius 1 is 1.03 bits per heavy atom. The Kier molecular flexibility index (Phi) is 7.61. The van der Waals surface area contributed by atoms with E-state index in [4.69, 9.17) is 0 Å². The molecule has 0 heterocycles. The van der Waals surface area contributed by atoms with Gasteiger partial charge in [0.2, 0.25) is 15.9 Å². The fourth-order valence-corrected chi connectivity index (χ4v) is 4.11. The van der Waals surface area contributed by atoms with Crippen molar-refractivity contribution in [2.75, 3.05) is 15.9 Å². The number of amides is 2. The van der Waals surface area contributed by atoms with Crippen LogP contribution >= 0.6 is 0 Å². The zero-order chi connectivity index (χ0) is 22.5. The van der Waals surface area contributed by atoms with E-state index in [9.17, 15) is 18.0 Å². The molecule has 0 aliphatic rings. The molecular weight excluding hydrogens is 402 g/mol. The number of rotatable bonds is 8. The average Bonchev–Trinajstić information content (AvgIpc) is 2.68. The molecule has 2 atom stereocenters. The zero-order valence-electron chi connectivity index (χ0n) is 18.0. The lowest BCUT2D eigenvalue weighted by Crippen LogP contribution is -2.45. The Balaban J connectivity index is 2.30. The smallest absolute Gasteiger partial charge is 0.253 e. The lowest BCUT2D eigenvalue weighted by atomic mass is 10.1. The molecule has 2 aromatic carbocycles. The lowest BCUT2D eigenvalue weighted by molar-refractivity contribution is -0.116. The quantitative estimate of drug-likeness (QED) is 0.670. The summed E-state index contributed by atoms with van der Waals surface area (Å²) in [5.41, 5.74) is 2.02. The third-order valence-corrected chi connectivity index (χ3v) is 6.04. The SMILES string of the molecule is CC[C@@H](C)NC(=O)c1ccccc1NC(=O)[C@@H](C)N(c1ccc(C)cc1)S(C)(=O)=O. The predicted octanol–water partition coefficient (Wildman–Crippen LogP) is 3.32. The fourth-order valence-electron chi connectivity index (χ4n) is 2.93. The molecule has 8 heteroatoms. The molecule has 30 heavy (non-hydrogen) atoms. The molecule has 7 nitrogen and oxygen atoms in total. The van der Waals surface area contributed by atoms with Crippen molar-refractivity contribution >= 4 is 33.2 Å². The Hall–Kier alpha value is -2.87. The van der Waals surface area contributed by atoms with Crippen LogP contribution < -0.4 is 14.9 Å². The van der Waals surface area contributed by atoms with Crippen LogP contribution in [0.15, 0.2) is 48.5 Å². The molecule has 0 bridgehead atoms. The maximum atomic E-state index is 12.9. The number of hydrogen-bond acceptors (Lipinski definition) is 4. The van der Waals surface area contributed by atoms with Gasteiger partial charge in [-0.05, 0) is 51.5 Å². The minimum absolute atomic E-state index is 0.0116. The van der Waals surface area contributed by atoms with Crippen LogP contribution in [0.3, 0.4) is 0 Å². The van der Waals surface area contributed by atoms with E-state index < -0.39 is 22.0 Å². The van der Waals surface area contributed by atoms with Crippen molar-refractivity contribution in [3.8, 4) is 0 Å². The summed E-state index contributed by atoms with van der Waals surface area (Å²) in [5.74, 6) is -0.837. The van der Waals surface area contributed by atoms with Gasteiger partial charge in [-0.3, -0.25) is 13.9 Å². The van der Waals surface area contributed by atoms with Crippen LogP contribution in [0.25, 0.3) is 0 Å². The number of nitrogens with one attached hydrogen (secondary N) is 2. The van der Waals surface area contributed by atoms with Crippen molar-refractivity contribution in [1.82, 2.24) is 5.32 Å². The second-order valence-corrected chi connectivity index (χ2v) is 9.25. The van der Waals surface area contributed by atoms with Crippen molar-refractivity contribution in [2.45, 2.75) is 46.2 Å². The van der Waals surface area contributed by atoms with Gasteiger partial charge in [0.15, 0.2) is 0 Å². The summed E-state index contributed by atoms with van der Waals surface area (Å²) >= 11 is 0. The first kappa shape index (κ1) is 23.4. The first-order valence-corrected chi connectivity index (χ1v) is 11.7. The Morgan fingerprint density at radius 3 is 2.20 bits per heavy atom. The lowest BCUT2D eigenvalue weighted by Gasteiger charge is -2.28. The molecule has 0 fully saturated rings. The highest BCUT2D eigenvalue weighted by Crippen LogP contribution is 2.23. The van der Waals surface area contributed by atoms with Crippen molar-refractivity contribution in [1.29, 1.82) is 0 Å². The molecule has 2 amide bonds. The van der Waals surface area contributed by atoms with Crippen molar-refractivity contribution in [2.24, 2.45) is 0 Å². The summed E-state index contributed by atoms with van der Waals surface area (Å²) in [6, 6.07) is 12.5. The minimum Gasteiger partial charge on any atom is -0.350 e. The monoisotopic (exact) mass is 431 g/mol. The van der Waals surface area contributed by atoms with Gasteiger partial charge in [-0.25, -0.2) is 8.42 Å². The van der Waals surface area contributed by atoms with Gasteiger partial charge >= 0.3 is 0 Å². The number of nitrogens with zero attached hydrogens (tertiary/aromatic N) is 1. The number of carbonyl (C=O) groups is 2. The third-order valence-electron chi connectivity index (χ3n) is 4.80. The number of aryl methyl sites for hydroxylation is 1. The number of para-hydroxylation sites is 1. The molecule has 0 aromatic heterocycles. The first-order valence-electron chi connectivity index (χ1n) is 9.81. The van der Waals surface area contributed by atoms with Crippen LogP contribution in [0, 0.1) is 6.92 Å². The highest BCUT2D eigenvalue weighted by Gasteiger charge is 2.29. The molecule has 0 saturated heterocycles. The van der Waals surface area contributed by atoms with Gasteiger partial charge in [0, 0.05) is 6.04 Å². The molecule has 0 saturated carbocycles. The topological polar surface area (TPSA) is 95.6 Å². The number of carbonyl (C=O) groups excluding carboxylic acids is 2. The van der Waals surface area contributed by atoms with E-state index in [2.05, 4.69) is 10.6 Å². The van der Waals surface area contributed by atoms with Crippen LogP contribution in [0.5, 0.6) is 0 Å². The Bertz CT molecular complexity index is 1000. The van der Waals surface area contributed by atoms with Crippen molar-refractivity contribution in [3.05, 3.63) is 59.7 Å². The van der Waals surface area contributed by atoms with Crippen LogP contribution in [-0.4, -0.2) is 38.6 Å². The van der Waals surface area contributed by atoms with Gasteiger partial charge in [-0.2, -0.15) is 0 Å². The summed E-state index contributed by atoms with van der Waals surface area (Å²) in [7, 11) is -3.72. The summed E-state index contributed by atoms with van der Waals surface area (Å²) in [4.78, 5) is 25.5. The molecule has 162 valence electrons. The van der Waals surface area contributed by atoms with Crippen LogP contribution in [-0.2, 0) is 14.8 Å². The number of hydrogen-bond donors (Lipinski definition) is 2. The summed E-state index contributed by atoms with van der Waals surface area (Å²) in [5, 5.41) is 5.58. The molecule has 2 rings (SSSR count). The summed E-state index contributed by atoms with van der Waals surface area (Å²) in [6.45, 7) is 7.27. The second kappa shape index (κ2) is 9.75. The molecule has 0 unspecified atom stereocenters. The maximum Gasteiger partial charge on any atom is 0.253 e. The molecular formula is C22H29N3O4S. The van der Waals surface area contributed by atoms with E-state index in [0.29, 0.717) is 16.9 Å². The number of sulfonamides is 1.